The van der Waals surface area contributed by atoms with E-state index >= 15 is 0 Å². The van der Waals surface area contributed by atoms with Gasteiger partial charge >= 0.3 is 5.97 Å². The number of aliphatic carboxylic acids is 1. The largest absolute Gasteiger partial charge is 0.490 e. The number of hydrogen-bond acceptors (Lipinski definition) is 3. The van der Waals surface area contributed by atoms with E-state index in [0.717, 1.165) is 23.3 Å². The first-order valence-electron chi connectivity index (χ1n) is 8.89. The predicted octanol–water partition coefficient (Wildman–Crippen LogP) is 2.95. The van der Waals surface area contributed by atoms with Crippen LogP contribution >= 0.6 is 0 Å². The summed E-state index contributed by atoms with van der Waals surface area (Å²) < 4.78 is 5.69. The highest BCUT2D eigenvalue weighted by molar-refractivity contribution is 5.95. The third-order valence-corrected chi connectivity index (χ3v) is 5.29. The molecule has 0 spiro atoms. The molecule has 0 aromatic heterocycles. The Morgan fingerprint density at radius 2 is 1.88 bits per heavy atom. The van der Waals surface area contributed by atoms with Gasteiger partial charge in [0.1, 0.15) is 11.9 Å². The second-order valence-electron chi connectivity index (χ2n) is 7.13. The molecule has 2 heterocycles. The average molecular weight is 351 g/mol. The molecule has 134 valence electrons. The molecule has 5 nitrogen and oxygen atoms in total. The van der Waals surface area contributed by atoms with E-state index in [1.165, 1.54) is 0 Å². The van der Waals surface area contributed by atoms with Crippen LogP contribution in [0.25, 0.3) is 0 Å². The molecule has 0 aliphatic carbocycles. The number of nitrogens with zero attached hydrogens (tertiary/aromatic N) is 1. The quantitative estimate of drug-likeness (QED) is 0.923. The fourth-order valence-corrected chi connectivity index (χ4v) is 4.00. The van der Waals surface area contributed by atoms with Crippen molar-refractivity contribution in [1.29, 1.82) is 0 Å². The van der Waals surface area contributed by atoms with Gasteiger partial charge in [0.25, 0.3) is 5.91 Å². The van der Waals surface area contributed by atoms with Crippen molar-refractivity contribution in [3.05, 3.63) is 65.2 Å². The van der Waals surface area contributed by atoms with Gasteiger partial charge in [-0.3, -0.25) is 9.59 Å². The zero-order chi connectivity index (χ0) is 18.3. The molecule has 26 heavy (non-hydrogen) atoms. The Hall–Kier alpha value is -2.82. The summed E-state index contributed by atoms with van der Waals surface area (Å²) in [4.78, 5) is 26.4. The van der Waals surface area contributed by atoms with Crippen molar-refractivity contribution in [2.24, 2.45) is 5.92 Å². The summed E-state index contributed by atoms with van der Waals surface area (Å²) in [5, 5.41) is 9.62. The zero-order valence-corrected chi connectivity index (χ0v) is 14.6. The maximum atomic E-state index is 13.0. The van der Waals surface area contributed by atoms with E-state index < -0.39 is 11.9 Å². The summed E-state index contributed by atoms with van der Waals surface area (Å²) in [5.41, 5.74) is 2.60. The van der Waals surface area contributed by atoms with E-state index in [9.17, 15) is 14.7 Å². The number of rotatable bonds is 3. The Bertz CT molecular complexity index is 848. The van der Waals surface area contributed by atoms with Crippen LogP contribution in [0.4, 0.5) is 0 Å². The van der Waals surface area contributed by atoms with Crippen molar-refractivity contribution < 1.29 is 19.4 Å². The number of amides is 1. The first-order chi connectivity index (χ1) is 12.5. The number of ether oxygens (including phenoxy) is 1. The molecule has 2 aromatic carbocycles. The van der Waals surface area contributed by atoms with Crippen LogP contribution in [0.15, 0.2) is 48.5 Å². The summed E-state index contributed by atoms with van der Waals surface area (Å²) in [6.07, 6.45) is 0.918. The van der Waals surface area contributed by atoms with Crippen LogP contribution < -0.4 is 4.74 Å². The van der Waals surface area contributed by atoms with Crippen LogP contribution in [-0.2, 0) is 11.2 Å². The van der Waals surface area contributed by atoms with Gasteiger partial charge in [-0.15, -0.1) is 0 Å². The van der Waals surface area contributed by atoms with E-state index in [0.29, 0.717) is 12.1 Å². The Balaban J connectivity index is 1.58. The number of carboxylic acids is 1. The molecule has 2 aliphatic heterocycles. The zero-order valence-electron chi connectivity index (χ0n) is 14.6. The van der Waals surface area contributed by atoms with Gasteiger partial charge < -0.3 is 14.7 Å². The fraction of sp³-hybridized carbons (Fsp3) is 0.333. The fourth-order valence-electron chi connectivity index (χ4n) is 4.00. The molecule has 2 aromatic rings. The molecule has 1 unspecified atom stereocenters. The number of benzene rings is 2. The number of likely N-dealkylation sites (tertiary alicyclic amines) is 1. The molecular formula is C21H21NO4. The molecule has 3 atom stereocenters. The standard InChI is InChI=1S/C21H21NO4/c1-13-9-16-10-15(7-8-19(16)26-13)20(23)22-11-17(18(12-22)21(24)25)14-5-3-2-4-6-14/h2-8,10,13,17-18H,9,11-12H2,1H3,(H,24,25)/t13?,17-,18+/m0/s1. The molecule has 1 N–H and O–H groups in total. The van der Waals surface area contributed by atoms with Gasteiger partial charge in [-0.1, -0.05) is 30.3 Å². The van der Waals surface area contributed by atoms with E-state index in [4.69, 9.17) is 4.74 Å². The minimum Gasteiger partial charge on any atom is -0.490 e. The molecule has 2 aliphatic rings. The molecule has 0 saturated carbocycles. The Morgan fingerprint density at radius 1 is 1.12 bits per heavy atom. The topological polar surface area (TPSA) is 66.8 Å². The summed E-state index contributed by atoms with van der Waals surface area (Å²) >= 11 is 0. The minimum absolute atomic E-state index is 0.114. The third-order valence-electron chi connectivity index (χ3n) is 5.29. The SMILES string of the molecule is CC1Cc2cc(C(=O)N3C[C@@H](C(=O)O)[C@H](c4ccccc4)C3)ccc2O1. The van der Waals surface area contributed by atoms with Gasteiger partial charge in [0.05, 0.1) is 5.92 Å². The highest BCUT2D eigenvalue weighted by Crippen LogP contribution is 2.35. The first kappa shape index (κ1) is 16.6. The Kier molecular flexibility index (Phi) is 4.15. The lowest BCUT2D eigenvalue weighted by Crippen LogP contribution is -2.29. The lowest BCUT2D eigenvalue weighted by molar-refractivity contribution is -0.141. The van der Waals surface area contributed by atoms with E-state index in [-0.39, 0.29) is 24.5 Å². The van der Waals surface area contributed by atoms with Gasteiger partial charge in [0.15, 0.2) is 0 Å². The second-order valence-corrected chi connectivity index (χ2v) is 7.13. The number of carboxylic acid groups (broad SMARTS) is 1. The summed E-state index contributed by atoms with van der Waals surface area (Å²) in [7, 11) is 0. The molecular weight excluding hydrogens is 330 g/mol. The lowest BCUT2D eigenvalue weighted by Gasteiger charge is -2.17. The van der Waals surface area contributed by atoms with E-state index in [1.807, 2.05) is 49.4 Å². The Morgan fingerprint density at radius 3 is 2.62 bits per heavy atom. The average Bonchev–Trinajstić information content (AvgIpc) is 3.24. The molecule has 0 bridgehead atoms. The van der Waals surface area contributed by atoms with E-state index in [2.05, 4.69) is 0 Å². The van der Waals surface area contributed by atoms with Crippen molar-refractivity contribution in [2.45, 2.75) is 25.4 Å². The van der Waals surface area contributed by atoms with Crippen LogP contribution in [0.1, 0.15) is 34.3 Å². The van der Waals surface area contributed by atoms with Gasteiger partial charge in [-0.25, -0.2) is 0 Å². The third kappa shape index (κ3) is 2.94. The Labute approximate surface area is 152 Å². The van der Waals surface area contributed by atoms with Crippen molar-refractivity contribution in [2.75, 3.05) is 13.1 Å². The van der Waals surface area contributed by atoms with Crippen molar-refractivity contribution >= 4 is 11.9 Å². The second kappa shape index (κ2) is 6.48. The molecule has 4 rings (SSSR count). The van der Waals surface area contributed by atoms with E-state index in [1.54, 1.807) is 11.0 Å². The van der Waals surface area contributed by atoms with Crippen molar-refractivity contribution in [3.63, 3.8) is 0 Å². The highest BCUT2D eigenvalue weighted by Gasteiger charge is 2.40. The summed E-state index contributed by atoms with van der Waals surface area (Å²) in [6, 6.07) is 15.1. The number of carbonyl (C=O) groups is 2. The molecule has 5 heteroatoms. The van der Waals surface area contributed by atoms with Crippen LogP contribution in [0.3, 0.4) is 0 Å². The normalized spacial score (nSPS) is 24.2. The number of hydrogen-bond donors (Lipinski definition) is 1. The number of carbonyl (C=O) groups excluding carboxylic acids is 1. The first-order valence-corrected chi connectivity index (χ1v) is 8.89. The molecule has 0 radical (unpaired) electrons. The summed E-state index contributed by atoms with van der Waals surface area (Å²) in [5.74, 6) is -0.905. The van der Waals surface area contributed by atoms with Gasteiger partial charge in [0, 0.05) is 31.0 Å². The number of fused-ring (bicyclic) bond motifs is 1. The maximum Gasteiger partial charge on any atom is 0.308 e. The van der Waals surface area contributed by atoms with Crippen LogP contribution in [-0.4, -0.2) is 41.1 Å². The maximum absolute atomic E-state index is 13.0. The predicted molar refractivity (Wildman–Crippen MR) is 96.4 cm³/mol. The van der Waals surface area contributed by atoms with Gasteiger partial charge in [0.2, 0.25) is 0 Å². The van der Waals surface area contributed by atoms with Gasteiger partial charge in [-0.2, -0.15) is 0 Å². The van der Waals surface area contributed by atoms with Crippen LogP contribution in [0, 0.1) is 5.92 Å². The van der Waals surface area contributed by atoms with Gasteiger partial charge in [-0.05, 0) is 36.2 Å². The highest BCUT2D eigenvalue weighted by atomic mass is 16.5. The molecule has 1 saturated heterocycles. The van der Waals surface area contributed by atoms with Crippen molar-refractivity contribution in [3.8, 4) is 5.75 Å². The van der Waals surface area contributed by atoms with Crippen molar-refractivity contribution in [1.82, 2.24) is 4.90 Å². The van der Waals surface area contributed by atoms with Crippen LogP contribution in [0.5, 0.6) is 5.75 Å². The lowest BCUT2D eigenvalue weighted by atomic mass is 9.89. The molecule has 1 fully saturated rings. The van der Waals surface area contributed by atoms with Crippen LogP contribution in [0.2, 0.25) is 0 Å². The monoisotopic (exact) mass is 351 g/mol. The smallest absolute Gasteiger partial charge is 0.308 e. The minimum atomic E-state index is -0.856. The summed E-state index contributed by atoms with van der Waals surface area (Å²) in [6.45, 7) is 2.66. The molecule has 1 amide bonds.